The second-order valence-corrected chi connectivity index (χ2v) is 7.57. The van der Waals surface area contributed by atoms with Crippen molar-refractivity contribution in [3.05, 3.63) is 53.6 Å². The molecule has 0 aliphatic carbocycles. The largest absolute Gasteiger partial charge is 0.494 e. The molecule has 0 radical (unpaired) electrons. The SMILES string of the molecule is CN1C=C(CCCCCCCOc2ccc3ccccc3c2)SC1. The number of hydrogen-bond donors (Lipinski definition) is 0. The molecular formula is C21H27NOS. The summed E-state index contributed by atoms with van der Waals surface area (Å²) in [5.41, 5.74) is 0. The summed E-state index contributed by atoms with van der Waals surface area (Å²) in [6, 6.07) is 14.8. The summed E-state index contributed by atoms with van der Waals surface area (Å²) >= 11 is 1.99. The van der Waals surface area contributed by atoms with E-state index in [9.17, 15) is 0 Å². The van der Waals surface area contributed by atoms with Crippen LogP contribution >= 0.6 is 11.8 Å². The fraction of sp³-hybridized carbons (Fsp3) is 0.429. The van der Waals surface area contributed by atoms with E-state index in [1.807, 2.05) is 11.8 Å². The molecule has 0 saturated heterocycles. The summed E-state index contributed by atoms with van der Waals surface area (Å²) in [4.78, 5) is 3.82. The number of fused-ring (bicyclic) bond motifs is 1. The molecule has 0 bridgehead atoms. The van der Waals surface area contributed by atoms with Crippen LogP contribution in [0.1, 0.15) is 38.5 Å². The van der Waals surface area contributed by atoms with E-state index in [-0.39, 0.29) is 0 Å². The first kappa shape index (κ1) is 17.2. The van der Waals surface area contributed by atoms with Crippen molar-refractivity contribution in [1.82, 2.24) is 4.90 Å². The first-order valence-electron chi connectivity index (χ1n) is 8.96. The summed E-state index contributed by atoms with van der Waals surface area (Å²) in [7, 11) is 2.15. The lowest BCUT2D eigenvalue weighted by Crippen LogP contribution is -2.02. The smallest absolute Gasteiger partial charge is 0.119 e. The molecule has 0 saturated carbocycles. The maximum atomic E-state index is 5.90. The third-order valence-electron chi connectivity index (χ3n) is 4.38. The molecule has 128 valence electrons. The molecule has 2 nitrogen and oxygen atoms in total. The second-order valence-electron chi connectivity index (χ2n) is 6.50. The Morgan fingerprint density at radius 2 is 1.75 bits per heavy atom. The van der Waals surface area contributed by atoms with E-state index in [0.29, 0.717) is 0 Å². The van der Waals surface area contributed by atoms with Crippen LogP contribution in [-0.4, -0.2) is 24.4 Å². The van der Waals surface area contributed by atoms with Crippen molar-refractivity contribution < 1.29 is 4.74 Å². The van der Waals surface area contributed by atoms with E-state index < -0.39 is 0 Å². The summed E-state index contributed by atoms with van der Waals surface area (Å²) in [5.74, 6) is 2.12. The first-order valence-corrected chi connectivity index (χ1v) is 9.95. The van der Waals surface area contributed by atoms with E-state index in [1.165, 1.54) is 42.9 Å². The van der Waals surface area contributed by atoms with Crippen molar-refractivity contribution in [3.63, 3.8) is 0 Å². The normalized spacial score (nSPS) is 14.2. The van der Waals surface area contributed by atoms with Gasteiger partial charge in [-0.15, -0.1) is 11.8 Å². The van der Waals surface area contributed by atoms with E-state index in [2.05, 4.69) is 60.6 Å². The Balaban J connectivity index is 1.26. The fourth-order valence-electron chi connectivity index (χ4n) is 3.02. The van der Waals surface area contributed by atoms with Crippen LogP contribution in [0.3, 0.4) is 0 Å². The van der Waals surface area contributed by atoms with Crippen LogP contribution in [0.5, 0.6) is 5.75 Å². The maximum Gasteiger partial charge on any atom is 0.119 e. The Bertz CT molecular complexity index is 682. The van der Waals surface area contributed by atoms with Gasteiger partial charge in [-0.2, -0.15) is 0 Å². The van der Waals surface area contributed by atoms with Crippen LogP contribution in [0.4, 0.5) is 0 Å². The highest BCUT2D eigenvalue weighted by Crippen LogP contribution is 2.28. The Kier molecular flexibility index (Phi) is 6.48. The molecule has 2 aromatic rings. The maximum absolute atomic E-state index is 5.90. The predicted octanol–water partition coefficient (Wildman–Crippen LogP) is 6.04. The molecule has 0 aromatic heterocycles. The Morgan fingerprint density at radius 3 is 2.58 bits per heavy atom. The van der Waals surface area contributed by atoms with Gasteiger partial charge in [-0.3, -0.25) is 0 Å². The van der Waals surface area contributed by atoms with E-state index in [1.54, 1.807) is 4.91 Å². The van der Waals surface area contributed by atoms with Gasteiger partial charge in [0, 0.05) is 18.2 Å². The number of thioether (sulfide) groups is 1. The van der Waals surface area contributed by atoms with Crippen LogP contribution < -0.4 is 4.74 Å². The van der Waals surface area contributed by atoms with Gasteiger partial charge in [-0.05, 0) is 42.2 Å². The Labute approximate surface area is 149 Å². The molecule has 0 spiro atoms. The molecule has 0 amide bonds. The number of ether oxygens (including phenoxy) is 1. The number of rotatable bonds is 9. The molecule has 3 rings (SSSR count). The lowest BCUT2D eigenvalue weighted by Gasteiger charge is -2.07. The molecule has 3 heteroatoms. The van der Waals surface area contributed by atoms with Crippen molar-refractivity contribution in [3.8, 4) is 5.75 Å². The highest BCUT2D eigenvalue weighted by molar-refractivity contribution is 8.03. The second kappa shape index (κ2) is 9.03. The molecule has 0 atom stereocenters. The number of benzene rings is 2. The monoisotopic (exact) mass is 341 g/mol. The van der Waals surface area contributed by atoms with Crippen LogP contribution in [0, 0.1) is 0 Å². The highest BCUT2D eigenvalue weighted by Gasteiger charge is 2.08. The van der Waals surface area contributed by atoms with Crippen molar-refractivity contribution >= 4 is 22.5 Å². The zero-order valence-corrected chi connectivity index (χ0v) is 15.4. The predicted molar refractivity (Wildman–Crippen MR) is 105 cm³/mol. The van der Waals surface area contributed by atoms with Crippen LogP contribution in [0.25, 0.3) is 10.8 Å². The van der Waals surface area contributed by atoms with Crippen molar-refractivity contribution in [2.75, 3.05) is 19.5 Å². The summed E-state index contributed by atoms with van der Waals surface area (Å²) in [5, 5.41) is 2.52. The number of unbranched alkanes of at least 4 members (excludes halogenated alkanes) is 4. The molecule has 2 aromatic carbocycles. The van der Waals surface area contributed by atoms with Gasteiger partial charge in [0.2, 0.25) is 0 Å². The van der Waals surface area contributed by atoms with Gasteiger partial charge >= 0.3 is 0 Å². The van der Waals surface area contributed by atoms with Crippen molar-refractivity contribution in [2.45, 2.75) is 38.5 Å². The minimum absolute atomic E-state index is 0.824. The third-order valence-corrected chi connectivity index (χ3v) is 5.59. The standard InChI is InChI=1S/C21H27NOS/c1-22-16-21(24-17-22)11-5-3-2-4-8-14-23-20-13-12-18-9-6-7-10-19(18)15-20/h6-7,9-10,12-13,15-16H,2-5,8,11,14,17H2,1H3. The van der Waals surface area contributed by atoms with Gasteiger partial charge in [0.1, 0.15) is 5.75 Å². The van der Waals surface area contributed by atoms with Gasteiger partial charge in [-0.1, -0.05) is 49.6 Å². The number of nitrogens with zero attached hydrogens (tertiary/aromatic N) is 1. The average molecular weight is 342 g/mol. The lowest BCUT2D eigenvalue weighted by atomic mass is 10.1. The zero-order chi connectivity index (χ0) is 16.6. The third kappa shape index (κ3) is 5.20. The molecule has 0 N–H and O–H groups in total. The molecular weight excluding hydrogens is 314 g/mol. The number of hydrogen-bond acceptors (Lipinski definition) is 3. The molecule has 24 heavy (non-hydrogen) atoms. The quantitative estimate of drug-likeness (QED) is 0.516. The van der Waals surface area contributed by atoms with Gasteiger partial charge in [0.05, 0.1) is 12.5 Å². The van der Waals surface area contributed by atoms with Gasteiger partial charge < -0.3 is 9.64 Å². The van der Waals surface area contributed by atoms with E-state index in [0.717, 1.165) is 24.7 Å². The Hall–Kier alpha value is -1.61. The summed E-state index contributed by atoms with van der Waals surface area (Å²) in [6.07, 6.45) is 9.92. The van der Waals surface area contributed by atoms with Gasteiger partial charge in [0.15, 0.2) is 0 Å². The zero-order valence-electron chi connectivity index (χ0n) is 14.5. The summed E-state index contributed by atoms with van der Waals surface area (Å²) < 4.78 is 5.90. The molecule has 1 aliphatic heterocycles. The van der Waals surface area contributed by atoms with Crippen LogP contribution in [0.15, 0.2) is 53.6 Å². The molecule has 1 aliphatic rings. The van der Waals surface area contributed by atoms with E-state index >= 15 is 0 Å². The molecule has 0 fully saturated rings. The van der Waals surface area contributed by atoms with E-state index in [4.69, 9.17) is 4.74 Å². The van der Waals surface area contributed by atoms with Crippen molar-refractivity contribution in [2.24, 2.45) is 0 Å². The first-order chi connectivity index (χ1) is 11.8. The van der Waals surface area contributed by atoms with Gasteiger partial charge in [-0.25, -0.2) is 0 Å². The topological polar surface area (TPSA) is 12.5 Å². The minimum Gasteiger partial charge on any atom is -0.494 e. The highest BCUT2D eigenvalue weighted by atomic mass is 32.2. The molecule has 0 unspecified atom stereocenters. The van der Waals surface area contributed by atoms with Gasteiger partial charge in [0.25, 0.3) is 0 Å². The van der Waals surface area contributed by atoms with Crippen molar-refractivity contribution in [1.29, 1.82) is 0 Å². The average Bonchev–Trinajstić information content (AvgIpc) is 3.02. The lowest BCUT2D eigenvalue weighted by molar-refractivity contribution is 0.305. The fourth-order valence-corrected chi connectivity index (χ4v) is 4.01. The number of allylic oxidation sites excluding steroid dienone is 1. The Morgan fingerprint density at radius 1 is 0.958 bits per heavy atom. The minimum atomic E-state index is 0.824. The van der Waals surface area contributed by atoms with Crippen LogP contribution in [0.2, 0.25) is 0 Å². The van der Waals surface area contributed by atoms with Crippen LogP contribution in [-0.2, 0) is 0 Å². The summed E-state index contributed by atoms with van der Waals surface area (Å²) in [6.45, 7) is 0.824. The molecule has 1 heterocycles.